The highest BCUT2D eigenvalue weighted by Gasteiger charge is 2.44. The predicted octanol–water partition coefficient (Wildman–Crippen LogP) is 1.67. The van der Waals surface area contributed by atoms with Gasteiger partial charge in [-0.3, -0.25) is 9.59 Å². The molecule has 2 aliphatic carbocycles. The third kappa shape index (κ3) is 3.51. The van der Waals surface area contributed by atoms with E-state index in [4.69, 9.17) is 4.74 Å². The van der Waals surface area contributed by atoms with Crippen molar-refractivity contribution in [1.82, 2.24) is 5.32 Å². The Kier molecular flexibility index (Phi) is 4.68. The average molecular weight is 283 g/mol. The lowest BCUT2D eigenvalue weighted by Gasteiger charge is -2.19. The topological polar surface area (TPSA) is 75.6 Å². The molecule has 5 heteroatoms. The van der Waals surface area contributed by atoms with Gasteiger partial charge in [-0.1, -0.05) is 6.92 Å². The maximum absolute atomic E-state index is 12.2. The Balaban J connectivity index is 1.84. The molecule has 114 valence electrons. The van der Waals surface area contributed by atoms with Crippen molar-refractivity contribution >= 4 is 11.9 Å². The molecule has 2 saturated carbocycles. The lowest BCUT2D eigenvalue weighted by Crippen LogP contribution is -2.38. The van der Waals surface area contributed by atoms with E-state index in [1.807, 2.05) is 6.92 Å². The molecule has 0 spiro atoms. The number of carbonyl (C=O) groups excluding carboxylic acids is 1. The molecule has 2 aliphatic rings. The molecule has 0 bridgehead atoms. The quantitative estimate of drug-likeness (QED) is 0.745. The number of rotatable bonds is 7. The van der Waals surface area contributed by atoms with E-state index in [0.717, 1.165) is 19.3 Å². The molecule has 2 rings (SSSR count). The van der Waals surface area contributed by atoms with Gasteiger partial charge < -0.3 is 15.2 Å². The smallest absolute Gasteiger partial charge is 0.307 e. The van der Waals surface area contributed by atoms with Crippen LogP contribution >= 0.6 is 0 Å². The molecule has 2 N–H and O–H groups in total. The van der Waals surface area contributed by atoms with E-state index >= 15 is 0 Å². The molecule has 0 aromatic rings. The van der Waals surface area contributed by atoms with Crippen molar-refractivity contribution < 1.29 is 19.4 Å². The Bertz CT molecular complexity index is 378. The summed E-state index contributed by atoms with van der Waals surface area (Å²) in [5.74, 6) is -1.48. The summed E-state index contributed by atoms with van der Waals surface area (Å²) in [4.78, 5) is 23.5. The number of carboxylic acids is 1. The van der Waals surface area contributed by atoms with Gasteiger partial charge in [0.2, 0.25) is 5.91 Å². The van der Waals surface area contributed by atoms with Crippen molar-refractivity contribution in [2.24, 2.45) is 23.2 Å². The molecule has 0 aromatic heterocycles. The third-order valence-electron chi connectivity index (χ3n) is 4.88. The van der Waals surface area contributed by atoms with Crippen LogP contribution in [0.1, 0.15) is 39.0 Å². The Morgan fingerprint density at radius 2 is 1.95 bits per heavy atom. The van der Waals surface area contributed by atoms with Gasteiger partial charge in [-0.2, -0.15) is 0 Å². The summed E-state index contributed by atoms with van der Waals surface area (Å²) in [7, 11) is 1.69. The predicted molar refractivity (Wildman–Crippen MR) is 74.2 cm³/mol. The van der Waals surface area contributed by atoms with Gasteiger partial charge in [0.05, 0.1) is 11.8 Å². The molecule has 0 aliphatic heterocycles. The molecular formula is C15H25NO4. The van der Waals surface area contributed by atoms with Crippen molar-refractivity contribution in [3.63, 3.8) is 0 Å². The zero-order valence-electron chi connectivity index (χ0n) is 12.4. The summed E-state index contributed by atoms with van der Waals surface area (Å²) >= 11 is 0. The first-order chi connectivity index (χ1) is 9.47. The van der Waals surface area contributed by atoms with Crippen LogP contribution in [0.25, 0.3) is 0 Å². The van der Waals surface area contributed by atoms with E-state index in [-0.39, 0.29) is 17.2 Å². The van der Waals surface area contributed by atoms with Gasteiger partial charge in [0.15, 0.2) is 0 Å². The summed E-state index contributed by atoms with van der Waals surface area (Å²) in [5.41, 5.74) is 0.203. The second kappa shape index (κ2) is 6.12. The van der Waals surface area contributed by atoms with E-state index in [0.29, 0.717) is 31.9 Å². The summed E-state index contributed by atoms with van der Waals surface area (Å²) in [6, 6.07) is 0. The monoisotopic (exact) mass is 283 g/mol. The number of nitrogens with one attached hydrogen (secondary N) is 1. The Morgan fingerprint density at radius 3 is 2.50 bits per heavy atom. The molecule has 0 aromatic carbocycles. The van der Waals surface area contributed by atoms with Gasteiger partial charge in [-0.05, 0) is 43.4 Å². The maximum atomic E-state index is 12.2. The fraction of sp³-hybridized carbons (Fsp3) is 0.867. The van der Waals surface area contributed by atoms with Crippen molar-refractivity contribution in [3.8, 4) is 0 Å². The lowest BCUT2D eigenvalue weighted by molar-refractivity contribution is -0.146. The molecule has 1 amide bonds. The number of hydrogen-bond acceptors (Lipinski definition) is 3. The van der Waals surface area contributed by atoms with Crippen molar-refractivity contribution in [1.29, 1.82) is 0 Å². The molecule has 5 nitrogen and oxygen atoms in total. The lowest BCUT2D eigenvalue weighted by atomic mass is 9.94. The highest BCUT2D eigenvalue weighted by molar-refractivity contribution is 5.85. The highest BCUT2D eigenvalue weighted by Crippen LogP contribution is 2.48. The molecule has 0 saturated heterocycles. The van der Waals surface area contributed by atoms with Gasteiger partial charge >= 0.3 is 5.97 Å². The second-order valence-electron chi connectivity index (χ2n) is 6.59. The van der Waals surface area contributed by atoms with Crippen LogP contribution < -0.4 is 5.32 Å². The molecule has 20 heavy (non-hydrogen) atoms. The zero-order valence-corrected chi connectivity index (χ0v) is 12.4. The van der Waals surface area contributed by atoms with Crippen LogP contribution in [0.5, 0.6) is 0 Å². The number of methoxy groups -OCH3 is 1. The normalized spacial score (nSPS) is 31.0. The van der Waals surface area contributed by atoms with Gasteiger partial charge in [0, 0.05) is 20.3 Å². The van der Waals surface area contributed by atoms with Crippen molar-refractivity contribution in [3.05, 3.63) is 0 Å². The number of aliphatic carboxylic acids is 1. The zero-order chi connectivity index (χ0) is 14.8. The van der Waals surface area contributed by atoms with Gasteiger partial charge in [-0.25, -0.2) is 0 Å². The first-order valence-electron chi connectivity index (χ1n) is 7.47. The standard InChI is InChI=1S/C15H25NO4/c1-10-7-11(12(8-10)14(18)19)13(17)16-9-15(3-4-15)5-6-20-2/h10-12H,3-9H2,1-2H3,(H,16,17)(H,18,19). The van der Waals surface area contributed by atoms with Crippen LogP contribution in [0.4, 0.5) is 0 Å². The van der Waals surface area contributed by atoms with Crippen LogP contribution in [0, 0.1) is 23.2 Å². The Labute approximate surface area is 120 Å². The minimum atomic E-state index is -0.838. The van der Waals surface area contributed by atoms with Gasteiger partial charge in [0.25, 0.3) is 0 Å². The molecule has 2 fully saturated rings. The van der Waals surface area contributed by atoms with Crippen LogP contribution in [0.3, 0.4) is 0 Å². The van der Waals surface area contributed by atoms with E-state index in [2.05, 4.69) is 5.32 Å². The van der Waals surface area contributed by atoms with Crippen molar-refractivity contribution in [2.75, 3.05) is 20.3 Å². The number of amides is 1. The maximum Gasteiger partial charge on any atom is 0.307 e. The van der Waals surface area contributed by atoms with Crippen LogP contribution in [-0.2, 0) is 14.3 Å². The fourth-order valence-electron chi connectivity index (χ4n) is 3.27. The van der Waals surface area contributed by atoms with E-state index in [9.17, 15) is 14.7 Å². The summed E-state index contributed by atoms with van der Waals surface area (Å²) in [5, 5.41) is 12.2. The number of carboxylic acid groups (broad SMARTS) is 1. The highest BCUT2D eigenvalue weighted by atomic mass is 16.5. The first-order valence-corrected chi connectivity index (χ1v) is 7.47. The Morgan fingerprint density at radius 1 is 1.30 bits per heavy atom. The first kappa shape index (κ1) is 15.3. The number of ether oxygens (including phenoxy) is 1. The van der Waals surface area contributed by atoms with E-state index < -0.39 is 11.9 Å². The van der Waals surface area contributed by atoms with Crippen LogP contribution in [0.2, 0.25) is 0 Å². The average Bonchev–Trinajstić information content (AvgIpc) is 3.07. The second-order valence-corrected chi connectivity index (χ2v) is 6.59. The summed E-state index contributed by atoms with van der Waals surface area (Å²) < 4.78 is 5.10. The largest absolute Gasteiger partial charge is 0.481 e. The van der Waals surface area contributed by atoms with Crippen LogP contribution in [-0.4, -0.2) is 37.2 Å². The Hall–Kier alpha value is -1.10. The van der Waals surface area contributed by atoms with Crippen molar-refractivity contribution in [2.45, 2.75) is 39.0 Å². The number of hydrogen-bond donors (Lipinski definition) is 2. The molecule has 0 radical (unpaired) electrons. The van der Waals surface area contributed by atoms with Gasteiger partial charge in [0.1, 0.15) is 0 Å². The van der Waals surface area contributed by atoms with Crippen LogP contribution in [0.15, 0.2) is 0 Å². The van der Waals surface area contributed by atoms with Gasteiger partial charge in [-0.15, -0.1) is 0 Å². The number of carbonyl (C=O) groups is 2. The third-order valence-corrected chi connectivity index (χ3v) is 4.88. The minimum absolute atomic E-state index is 0.0783. The fourth-order valence-corrected chi connectivity index (χ4v) is 3.27. The SMILES string of the molecule is COCCC1(CNC(=O)C2CC(C)CC2C(=O)O)CC1. The molecule has 3 atom stereocenters. The summed E-state index contributed by atoms with van der Waals surface area (Å²) in [6.45, 7) is 3.39. The van der Waals surface area contributed by atoms with E-state index in [1.165, 1.54) is 0 Å². The van der Waals surface area contributed by atoms with E-state index in [1.54, 1.807) is 7.11 Å². The molecule has 0 heterocycles. The summed E-state index contributed by atoms with van der Waals surface area (Å²) in [6.07, 6.45) is 4.52. The molecule has 3 unspecified atom stereocenters. The minimum Gasteiger partial charge on any atom is -0.481 e. The molecular weight excluding hydrogens is 258 g/mol.